The highest BCUT2D eigenvalue weighted by atomic mass is 14.9. The molecule has 0 radical (unpaired) electrons. The zero-order valence-electron chi connectivity index (χ0n) is 29.7. The van der Waals surface area contributed by atoms with Crippen LogP contribution in [0, 0.1) is 0 Å². The second kappa shape index (κ2) is 12.3. The summed E-state index contributed by atoms with van der Waals surface area (Å²) in [5.41, 5.74) is 15.0. The lowest BCUT2D eigenvalue weighted by molar-refractivity contribution is 0.661. The Hall–Kier alpha value is -6.64. The molecule has 1 heterocycles. The Morgan fingerprint density at radius 3 is 1.68 bits per heavy atom. The van der Waals surface area contributed by atoms with Crippen molar-refractivity contribution in [2.24, 2.45) is 0 Å². The van der Waals surface area contributed by atoms with E-state index in [4.69, 9.17) is 9.97 Å². The van der Waals surface area contributed by atoms with E-state index in [-0.39, 0.29) is 5.41 Å². The van der Waals surface area contributed by atoms with E-state index in [1.165, 1.54) is 66.1 Å². The summed E-state index contributed by atoms with van der Waals surface area (Å²) >= 11 is 0. The molecule has 0 amide bonds. The normalized spacial score (nSPS) is 12.9. The van der Waals surface area contributed by atoms with E-state index in [1.54, 1.807) is 0 Å². The summed E-state index contributed by atoms with van der Waals surface area (Å²) in [7, 11) is 0. The fourth-order valence-corrected chi connectivity index (χ4v) is 8.29. The highest BCUT2D eigenvalue weighted by Gasteiger charge is 2.37. The van der Waals surface area contributed by atoms with Gasteiger partial charge < -0.3 is 0 Å². The minimum absolute atomic E-state index is 0.133. The number of hydrogen-bond donors (Lipinski definition) is 0. The molecule has 2 heteroatoms. The second-order valence-electron chi connectivity index (χ2n) is 14.6. The van der Waals surface area contributed by atoms with Crippen LogP contribution in [0.4, 0.5) is 0 Å². The van der Waals surface area contributed by atoms with Gasteiger partial charge in [0.05, 0.1) is 11.4 Å². The molecule has 1 aliphatic rings. The van der Waals surface area contributed by atoms with Crippen LogP contribution in [0.15, 0.2) is 182 Å². The number of fused-ring (bicyclic) bond motifs is 5. The molecule has 0 bridgehead atoms. The Balaban J connectivity index is 1.06. The van der Waals surface area contributed by atoms with Crippen molar-refractivity contribution in [1.29, 1.82) is 0 Å². The van der Waals surface area contributed by atoms with E-state index in [2.05, 4.69) is 190 Å². The Labute approximate surface area is 310 Å². The molecule has 0 atom stereocenters. The van der Waals surface area contributed by atoms with Crippen LogP contribution in [0.1, 0.15) is 25.0 Å². The molecule has 0 fully saturated rings. The van der Waals surface area contributed by atoms with Gasteiger partial charge in [0, 0.05) is 22.1 Å². The van der Waals surface area contributed by atoms with Crippen molar-refractivity contribution in [2.75, 3.05) is 0 Å². The van der Waals surface area contributed by atoms with Gasteiger partial charge in [0.1, 0.15) is 0 Å². The maximum Gasteiger partial charge on any atom is 0.160 e. The largest absolute Gasteiger partial charge is 0.228 e. The number of hydrogen-bond acceptors (Lipinski definition) is 2. The Morgan fingerprint density at radius 2 is 0.925 bits per heavy atom. The zero-order valence-corrected chi connectivity index (χ0v) is 29.7. The first-order valence-corrected chi connectivity index (χ1v) is 18.3. The van der Waals surface area contributed by atoms with Gasteiger partial charge in [-0.15, -0.1) is 0 Å². The second-order valence-corrected chi connectivity index (χ2v) is 14.6. The lowest BCUT2D eigenvalue weighted by Crippen LogP contribution is -2.14. The predicted molar refractivity (Wildman–Crippen MR) is 222 cm³/mol. The average Bonchev–Trinajstić information content (AvgIpc) is 3.45. The molecule has 2 nitrogen and oxygen atoms in total. The first kappa shape index (κ1) is 31.1. The maximum atomic E-state index is 5.27. The van der Waals surface area contributed by atoms with E-state index < -0.39 is 0 Å². The van der Waals surface area contributed by atoms with E-state index in [0.29, 0.717) is 0 Å². The zero-order chi connectivity index (χ0) is 35.5. The van der Waals surface area contributed by atoms with E-state index in [1.807, 2.05) is 6.07 Å². The number of rotatable bonds is 5. The third-order valence-electron chi connectivity index (χ3n) is 11.1. The molecule has 1 aromatic heterocycles. The van der Waals surface area contributed by atoms with Crippen LogP contribution in [0.2, 0.25) is 0 Å². The molecule has 0 aliphatic heterocycles. The van der Waals surface area contributed by atoms with Crippen LogP contribution in [0.5, 0.6) is 0 Å². The third kappa shape index (κ3) is 5.26. The highest BCUT2D eigenvalue weighted by Crippen LogP contribution is 2.53. The average molecular weight is 677 g/mol. The molecular formula is C51H36N2. The lowest BCUT2D eigenvalue weighted by Gasteiger charge is -2.22. The Kier molecular flexibility index (Phi) is 7.19. The molecule has 9 aromatic rings. The van der Waals surface area contributed by atoms with Crippen LogP contribution < -0.4 is 0 Å². The van der Waals surface area contributed by atoms with Crippen molar-refractivity contribution < 1.29 is 0 Å². The molecule has 250 valence electrons. The van der Waals surface area contributed by atoms with Gasteiger partial charge in [-0.3, -0.25) is 0 Å². The molecule has 0 saturated heterocycles. The minimum atomic E-state index is -0.133. The number of aromatic nitrogens is 2. The molecule has 8 aromatic carbocycles. The number of benzene rings is 8. The van der Waals surface area contributed by atoms with Crippen LogP contribution in [0.25, 0.3) is 88.8 Å². The lowest BCUT2D eigenvalue weighted by atomic mass is 9.81. The third-order valence-corrected chi connectivity index (χ3v) is 11.1. The van der Waals surface area contributed by atoms with Gasteiger partial charge >= 0.3 is 0 Å². The molecule has 0 N–H and O–H groups in total. The molecule has 53 heavy (non-hydrogen) atoms. The first-order valence-electron chi connectivity index (χ1n) is 18.3. The monoisotopic (exact) mass is 676 g/mol. The van der Waals surface area contributed by atoms with Crippen LogP contribution in [-0.2, 0) is 5.41 Å². The highest BCUT2D eigenvalue weighted by molar-refractivity contribution is 5.99. The van der Waals surface area contributed by atoms with Crippen molar-refractivity contribution in [1.82, 2.24) is 9.97 Å². The van der Waals surface area contributed by atoms with Gasteiger partial charge in [0.2, 0.25) is 0 Å². The van der Waals surface area contributed by atoms with Crippen molar-refractivity contribution in [3.8, 4) is 67.3 Å². The quantitative estimate of drug-likeness (QED) is 0.181. The summed E-state index contributed by atoms with van der Waals surface area (Å²) in [4.78, 5) is 10.4. The number of nitrogens with zero attached hydrogens (tertiary/aromatic N) is 2. The van der Waals surface area contributed by atoms with E-state index >= 15 is 0 Å². The van der Waals surface area contributed by atoms with Gasteiger partial charge in [0.15, 0.2) is 5.82 Å². The van der Waals surface area contributed by atoms with Crippen molar-refractivity contribution in [3.05, 3.63) is 193 Å². The van der Waals surface area contributed by atoms with Crippen LogP contribution in [0.3, 0.4) is 0 Å². The molecule has 0 unspecified atom stereocenters. The van der Waals surface area contributed by atoms with Crippen molar-refractivity contribution >= 4 is 21.5 Å². The smallest absolute Gasteiger partial charge is 0.160 e. The molecule has 0 spiro atoms. The summed E-state index contributed by atoms with van der Waals surface area (Å²) in [5, 5.41) is 5.05. The van der Waals surface area contributed by atoms with Gasteiger partial charge in [0.25, 0.3) is 0 Å². The van der Waals surface area contributed by atoms with Crippen molar-refractivity contribution in [3.63, 3.8) is 0 Å². The molecule has 1 aliphatic carbocycles. The van der Waals surface area contributed by atoms with Crippen LogP contribution >= 0.6 is 0 Å². The van der Waals surface area contributed by atoms with Gasteiger partial charge in [-0.2, -0.15) is 0 Å². The predicted octanol–water partition coefficient (Wildman–Crippen LogP) is 13.4. The summed E-state index contributed by atoms with van der Waals surface area (Å²) in [5.74, 6) is 0.722. The summed E-state index contributed by atoms with van der Waals surface area (Å²) in [6.45, 7) is 4.69. The topological polar surface area (TPSA) is 25.8 Å². The maximum absolute atomic E-state index is 5.27. The first-order chi connectivity index (χ1) is 26.0. The fourth-order valence-electron chi connectivity index (χ4n) is 8.29. The van der Waals surface area contributed by atoms with Crippen LogP contribution in [-0.4, -0.2) is 9.97 Å². The summed E-state index contributed by atoms with van der Waals surface area (Å²) < 4.78 is 0. The van der Waals surface area contributed by atoms with E-state index in [9.17, 15) is 0 Å². The molecular weight excluding hydrogens is 641 g/mol. The Bertz CT molecular complexity index is 2830. The fraction of sp³-hybridized carbons (Fsp3) is 0.0588. The Morgan fingerprint density at radius 1 is 0.358 bits per heavy atom. The van der Waals surface area contributed by atoms with Gasteiger partial charge in [-0.1, -0.05) is 178 Å². The van der Waals surface area contributed by atoms with Gasteiger partial charge in [-0.25, -0.2) is 9.97 Å². The standard InChI is InChI=1S/C51H36N2/c1-51(2)45-21-11-20-43(49(45)44-30-39-15-6-7-16-40(39)31-46(44)51)48-32-47(52-50(53-48)38-13-4-3-5-14-38)37-28-24-34(25-29-37)33-22-26-36(27-23-33)42-19-10-17-35-12-8-9-18-41(35)42/h3-32H,1-2H3. The van der Waals surface area contributed by atoms with E-state index in [0.717, 1.165) is 33.9 Å². The van der Waals surface area contributed by atoms with Crippen molar-refractivity contribution in [2.45, 2.75) is 19.3 Å². The molecule has 10 rings (SSSR count). The minimum Gasteiger partial charge on any atom is -0.228 e. The SMILES string of the molecule is CC1(C)c2cc3ccccc3cc2-c2c(-c3cc(-c4ccc(-c5ccc(-c6cccc7ccccc67)cc5)cc4)nc(-c4ccccc4)n3)cccc21. The van der Waals surface area contributed by atoms with Gasteiger partial charge in [-0.05, 0) is 84.3 Å². The molecule has 0 saturated carbocycles. The summed E-state index contributed by atoms with van der Waals surface area (Å²) in [6.07, 6.45) is 0. The summed E-state index contributed by atoms with van der Waals surface area (Å²) in [6, 6.07) is 65.4.